The molecule has 0 aliphatic heterocycles. The lowest BCUT2D eigenvalue weighted by Gasteiger charge is -2.30. The van der Waals surface area contributed by atoms with Gasteiger partial charge in [-0.3, -0.25) is 16.3 Å². The molecule has 1 heterocycles. The number of nitrogens with two attached hydrogens (primary N) is 1. The Morgan fingerprint density at radius 2 is 1.95 bits per heavy atom. The molecule has 3 heteroatoms. The minimum absolute atomic E-state index is 0.127. The first-order chi connectivity index (χ1) is 9.88. The van der Waals surface area contributed by atoms with Crippen LogP contribution in [0.25, 0.3) is 0 Å². The standard InChI is InChI=1S/C17H21N3/c18-20-17(12-14-8-3-4-11-19-14)16-10-2-1-9-15(16)13-6-5-7-13/h1-4,8-11,13,17,20H,5-7,12,18H2. The number of nitrogens with one attached hydrogen (secondary N) is 1. The normalized spacial score (nSPS) is 16.6. The zero-order valence-electron chi connectivity index (χ0n) is 11.6. The molecule has 0 saturated heterocycles. The van der Waals surface area contributed by atoms with Gasteiger partial charge in [0.25, 0.3) is 0 Å². The molecule has 0 bridgehead atoms. The van der Waals surface area contributed by atoms with E-state index in [4.69, 9.17) is 5.84 Å². The Kier molecular flexibility index (Phi) is 4.09. The average molecular weight is 267 g/mol. The van der Waals surface area contributed by atoms with Crippen LogP contribution < -0.4 is 11.3 Å². The van der Waals surface area contributed by atoms with E-state index in [1.807, 2.05) is 18.3 Å². The van der Waals surface area contributed by atoms with Gasteiger partial charge in [0.15, 0.2) is 0 Å². The van der Waals surface area contributed by atoms with E-state index in [1.54, 1.807) is 0 Å². The van der Waals surface area contributed by atoms with Crippen LogP contribution >= 0.6 is 0 Å². The minimum atomic E-state index is 0.127. The molecule has 1 fully saturated rings. The topological polar surface area (TPSA) is 50.9 Å². The second kappa shape index (κ2) is 6.16. The Labute approximate surface area is 120 Å². The van der Waals surface area contributed by atoms with Gasteiger partial charge >= 0.3 is 0 Å². The summed E-state index contributed by atoms with van der Waals surface area (Å²) in [5, 5.41) is 0. The van der Waals surface area contributed by atoms with Gasteiger partial charge in [0.05, 0.1) is 6.04 Å². The van der Waals surface area contributed by atoms with Gasteiger partial charge in [0.2, 0.25) is 0 Å². The van der Waals surface area contributed by atoms with Gasteiger partial charge in [0.1, 0.15) is 0 Å². The van der Waals surface area contributed by atoms with Crippen LogP contribution in [0.15, 0.2) is 48.7 Å². The van der Waals surface area contributed by atoms with E-state index >= 15 is 0 Å². The Morgan fingerprint density at radius 3 is 2.60 bits per heavy atom. The van der Waals surface area contributed by atoms with Crippen LogP contribution in [0.3, 0.4) is 0 Å². The minimum Gasteiger partial charge on any atom is -0.271 e. The van der Waals surface area contributed by atoms with Crippen molar-refractivity contribution in [2.75, 3.05) is 0 Å². The summed E-state index contributed by atoms with van der Waals surface area (Å²) in [4.78, 5) is 4.41. The molecule has 104 valence electrons. The monoisotopic (exact) mass is 267 g/mol. The molecule has 0 spiro atoms. The second-order valence-electron chi connectivity index (χ2n) is 5.50. The highest BCUT2D eigenvalue weighted by atomic mass is 15.2. The molecule has 1 atom stereocenters. The van der Waals surface area contributed by atoms with Gasteiger partial charge in [-0.15, -0.1) is 0 Å². The van der Waals surface area contributed by atoms with Gasteiger partial charge in [0, 0.05) is 18.3 Å². The lowest BCUT2D eigenvalue weighted by Crippen LogP contribution is -2.31. The largest absolute Gasteiger partial charge is 0.271 e. The molecular weight excluding hydrogens is 246 g/mol. The first-order valence-corrected chi connectivity index (χ1v) is 7.33. The van der Waals surface area contributed by atoms with E-state index in [2.05, 4.69) is 40.7 Å². The summed E-state index contributed by atoms with van der Waals surface area (Å²) in [6.07, 6.45) is 6.61. The van der Waals surface area contributed by atoms with Crippen LogP contribution in [0.5, 0.6) is 0 Å². The molecule has 1 aromatic carbocycles. The molecule has 2 aromatic rings. The van der Waals surface area contributed by atoms with Crippen LogP contribution in [0, 0.1) is 0 Å². The zero-order valence-corrected chi connectivity index (χ0v) is 11.6. The fourth-order valence-electron chi connectivity index (χ4n) is 2.91. The van der Waals surface area contributed by atoms with Gasteiger partial charge in [-0.05, 0) is 42.0 Å². The van der Waals surface area contributed by atoms with E-state index in [9.17, 15) is 0 Å². The summed E-state index contributed by atoms with van der Waals surface area (Å²) in [5.74, 6) is 6.52. The van der Waals surface area contributed by atoms with Crippen LogP contribution in [0.1, 0.15) is 48.0 Å². The van der Waals surface area contributed by atoms with Crippen molar-refractivity contribution in [3.63, 3.8) is 0 Å². The van der Waals surface area contributed by atoms with Crippen LogP contribution in [-0.2, 0) is 6.42 Å². The molecule has 1 aliphatic carbocycles. The van der Waals surface area contributed by atoms with Crippen molar-refractivity contribution in [3.05, 3.63) is 65.5 Å². The van der Waals surface area contributed by atoms with Crippen molar-refractivity contribution in [2.24, 2.45) is 5.84 Å². The predicted molar refractivity (Wildman–Crippen MR) is 81.0 cm³/mol. The van der Waals surface area contributed by atoms with Crippen LogP contribution in [0.2, 0.25) is 0 Å². The van der Waals surface area contributed by atoms with Crippen molar-refractivity contribution in [1.29, 1.82) is 0 Å². The average Bonchev–Trinajstić information content (AvgIpc) is 2.45. The van der Waals surface area contributed by atoms with E-state index in [0.717, 1.165) is 12.1 Å². The van der Waals surface area contributed by atoms with Crippen molar-refractivity contribution in [2.45, 2.75) is 37.6 Å². The molecule has 1 aromatic heterocycles. The van der Waals surface area contributed by atoms with Gasteiger partial charge < -0.3 is 0 Å². The third kappa shape index (κ3) is 2.74. The fourth-order valence-corrected chi connectivity index (χ4v) is 2.91. The lowest BCUT2D eigenvalue weighted by atomic mass is 9.77. The molecule has 3 rings (SSSR count). The third-order valence-corrected chi connectivity index (χ3v) is 4.26. The van der Waals surface area contributed by atoms with E-state index in [0.29, 0.717) is 5.92 Å². The summed E-state index contributed by atoms with van der Waals surface area (Å²) in [6, 6.07) is 14.8. The van der Waals surface area contributed by atoms with E-state index in [1.165, 1.54) is 30.4 Å². The first-order valence-electron chi connectivity index (χ1n) is 7.33. The van der Waals surface area contributed by atoms with E-state index in [-0.39, 0.29) is 6.04 Å². The molecule has 1 unspecified atom stereocenters. The zero-order chi connectivity index (χ0) is 13.8. The first kappa shape index (κ1) is 13.3. The van der Waals surface area contributed by atoms with Gasteiger partial charge in [-0.1, -0.05) is 36.8 Å². The number of hydrogen-bond donors (Lipinski definition) is 2. The maximum Gasteiger partial charge on any atom is 0.0518 e. The molecular formula is C17H21N3. The summed E-state index contributed by atoms with van der Waals surface area (Å²) in [7, 11) is 0. The Balaban J connectivity index is 1.85. The van der Waals surface area contributed by atoms with Crippen molar-refractivity contribution in [3.8, 4) is 0 Å². The number of benzene rings is 1. The summed E-state index contributed by atoms with van der Waals surface area (Å²) in [6.45, 7) is 0. The van der Waals surface area contributed by atoms with Crippen molar-refractivity contribution in [1.82, 2.24) is 10.4 Å². The number of rotatable bonds is 5. The van der Waals surface area contributed by atoms with Gasteiger partial charge in [-0.25, -0.2) is 0 Å². The lowest BCUT2D eigenvalue weighted by molar-refractivity contribution is 0.411. The summed E-state index contributed by atoms with van der Waals surface area (Å²) >= 11 is 0. The maximum absolute atomic E-state index is 5.80. The van der Waals surface area contributed by atoms with Gasteiger partial charge in [-0.2, -0.15) is 0 Å². The van der Waals surface area contributed by atoms with Crippen molar-refractivity contribution >= 4 is 0 Å². The smallest absolute Gasteiger partial charge is 0.0518 e. The Morgan fingerprint density at radius 1 is 1.15 bits per heavy atom. The van der Waals surface area contributed by atoms with Crippen LogP contribution in [-0.4, -0.2) is 4.98 Å². The Bertz CT molecular complexity index is 549. The molecule has 0 radical (unpaired) electrons. The SMILES string of the molecule is NNC(Cc1ccccn1)c1ccccc1C1CCC1. The number of nitrogens with zero attached hydrogens (tertiary/aromatic N) is 1. The highest BCUT2D eigenvalue weighted by Gasteiger charge is 2.24. The third-order valence-electron chi connectivity index (χ3n) is 4.26. The molecule has 1 aliphatic rings. The second-order valence-corrected chi connectivity index (χ2v) is 5.50. The highest BCUT2D eigenvalue weighted by molar-refractivity contribution is 5.35. The highest BCUT2D eigenvalue weighted by Crippen LogP contribution is 2.39. The molecule has 20 heavy (non-hydrogen) atoms. The fraction of sp³-hybridized carbons (Fsp3) is 0.353. The molecule has 0 amide bonds. The number of hydrogen-bond acceptors (Lipinski definition) is 3. The number of hydrazine groups is 1. The maximum atomic E-state index is 5.80. The summed E-state index contributed by atoms with van der Waals surface area (Å²) in [5.41, 5.74) is 6.82. The molecule has 1 saturated carbocycles. The van der Waals surface area contributed by atoms with E-state index < -0.39 is 0 Å². The molecule has 3 nitrogen and oxygen atoms in total. The Hall–Kier alpha value is -1.71. The quantitative estimate of drug-likeness (QED) is 0.646. The summed E-state index contributed by atoms with van der Waals surface area (Å²) < 4.78 is 0. The predicted octanol–water partition coefficient (Wildman–Crippen LogP) is 3.10. The number of pyridine rings is 1. The van der Waals surface area contributed by atoms with Crippen LogP contribution in [0.4, 0.5) is 0 Å². The molecule has 3 N–H and O–H groups in total. The number of aromatic nitrogens is 1. The van der Waals surface area contributed by atoms with Crippen molar-refractivity contribution < 1.29 is 0 Å².